The van der Waals surface area contributed by atoms with Crippen molar-refractivity contribution in [3.63, 3.8) is 0 Å². The van der Waals surface area contributed by atoms with E-state index in [9.17, 15) is 4.79 Å². The van der Waals surface area contributed by atoms with E-state index in [1.165, 1.54) is 6.42 Å². The molecule has 2 atom stereocenters. The molecule has 0 amide bonds. The fourth-order valence-corrected chi connectivity index (χ4v) is 3.15. The predicted octanol–water partition coefficient (Wildman–Crippen LogP) is 1.31. The van der Waals surface area contributed by atoms with E-state index in [1.54, 1.807) is 0 Å². The van der Waals surface area contributed by atoms with Crippen LogP contribution in [0, 0.1) is 5.92 Å². The van der Waals surface area contributed by atoms with Crippen LogP contribution in [0.5, 0.6) is 0 Å². The third kappa shape index (κ3) is 3.19. The Hall–Kier alpha value is -0.610. The zero-order valence-electron chi connectivity index (χ0n) is 10.9. The summed E-state index contributed by atoms with van der Waals surface area (Å²) in [5.41, 5.74) is 0. The van der Waals surface area contributed by atoms with E-state index < -0.39 is 5.97 Å². The molecule has 1 aliphatic carbocycles. The number of nitrogens with one attached hydrogen (secondary N) is 1. The third-order valence-corrected chi connectivity index (χ3v) is 4.43. The molecular weight excluding hydrogens is 216 g/mol. The van der Waals surface area contributed by atoms with Crippen LogP contribution in [0.1, 0.15) is 39.0 Å². The summed E-state index contributed by atoms with van der Waals surface area (Å²) in [6, 6.07) is 1.80. The van der Waals surface area contributed by atoms with Gasteiger partial charge in [-0.05, 0) is 46.1 Å². The van der Waals surface area contributed by atoms with E-state index in [2.05, 4.69) is 24.2 Å². The highest BCUT2D eigenvalue weighted by atomic mass is 16.4. The van der Waals surface area contributed by atoms with Crippen LogP contribution in [-0.2, 0) is 4.79 Å². The Bertz CT molecular complexity index is 265. The molecule has 1 aliphatic heterocycles. The minimum absolute atomic E-state index is 0.0989. The highest BCUT2D eigenvalue weighted by Gasteiger charge is 2.30. The van der Waals surface area contributed by atoms with Crippen molar-refractivity contribution >= 4 is 5.97 Å². The van der Waals surface area contributed by atoms with Gasteiger partial charge >= 0.3 is 5.97 Å². The van der Waals surface area contributed by atoms with E-state index in [4.69, 9.17) is 5.11 Å². The van der Waals surface area contributed by atoms with Crippen molar-refractivity contribution in [3.8, 4) is 0 Å². The number of carbonyl (C=O) groups is 1. The smallest absolute Gasteiger partial charge is 0.306 e. The summed E-state index contributed by atoms with van der Waals surface area (Å²) in [6.45, 7) is 3.39. The first-order chi connectivity index (χ1) is 8.06. The molecule has 17 heavy (non-hydrogen) atoms. The number of nitrogens with zero attached hydrogens (tertiary/aromatic N) is 1. The molecule has 2 unspecified atom stereocenters. The molecule has 2 N–H and O–H groups in total. The number of carboxylic acids is 1. The second-order valence-electron chi connectivity index (χ2n) is 5.77. The lowest BCUT2D eigenvalue weighted by Gasteiger charge is -2.29. The second-order valence-corrected chi connectivity index (χ2v) is 5.77. The van der Waals surface area contributed by atoms with Crippen molar-refractivity contribution in [3.05, 3.63) is 0 Å². The lowest BCUT2D eigenvalue weighted by molar-refractivity contribution is -0.142. The number of aliphatic carboxylic acids is 1. The minimum Gasteiger partial charge on any atom is -0.481 e. The molecular formula is C13H24N2O2. The highest BCUT2D eigenvalue weighted by Crippen LogP contribution is 2.26. The fraction of sp³-hybridized carbons (Fsp3) is 0.923. The second kappa shape index (κ2) is 5.36. The van der Waals surface area contributed by atoms with Crippen molar-refractivity contribution < 1.29 is 9.90 Å². The van der Waals surface area contributed by atoms with Gasteiger partial charge in [0.25, 0.3) is 0 Å². The summed E-state index contributed by atoms with van der Waals surface area (Å²) in [5, 5.41) is 12.7. The van der Waals surface area contributed by atoms with Crippen LogP contribution < -0.4 is 5.32 Å². The van der Waals surface area contributed by atoms with Gasteiger partial charge in [0, 0.05) is 24.7 Å². The molecule has 98 valence electrons. The lowest BCUT2D eigenvalue weighted by atomic mass is 9.86. The van der Waals surface area contributed by atoms with Crippen LogP contribution in [0.15, 0.2) is 0 Å². The quantitative estimate of drug-likeness (QED) is 0.781. The molecule has 1 heterocycles. The zero-order chi connectivity index (χ0) is 12.4. The van der Waals surface area contributed by atoms with E-state index >= 15 is 0 Å². The van der Waals surface area contributed by atoms with Crippen molar-refractivity contribution in [2.45, 2.75) is 57.2 Å². The molecule has 0 spiro atoms. The van der Waals surface area contributed by atoms with Gasteiger partial charge in [-0.25, -0.2) is 0 Å². The van der Waals surface area contributed by atoms with Crippen LogP contribution in [0.2, 0.25) is 0 Å². The number of likely N-dealkylation sites (N-methyl/N-ethyl adjacent to an activating group) is 1. The molecule has 0 radical (unpaired) electrons. The number of rotatable bonds is 3. The average molecular weight is 240 g/mol. The molecule has 0 aromatic heterocycles. The van der Waals surface area contributed by atoms with Crippen LogP contribution in [-0.4, -0.2) is 47.7 Å². The Morgan fingerprint density at radius 1 is 1.24 bits per heavy atom. The van der Waals surface area contributed by atoms with E-state index in [1.807, 2.05) is 0 Å². The van der Waals surface area contributed by atoms with E-state index in [-0.39, 0.29) is 5.92 Å². The van der Waals surface area contributed by atoms with Gasteiger partial charge in [-0.1, -0.05) is 0 Å². The highest BCUT2D eigenvalue weighted by molar-refractivity contribution is 5.70. The maximum Gasteiger partial charge on any atom is 0.306 e. The topological polar surface area (TPSA) is 52.6 Å². The van der Waals surface area contributed by atoms with Gasteiger partial charge in [0.05, 0.1) is 5.92 Å². The molecule has 4 nitrogen and oxygen atoms in total. The van der Waals surface area contributed by atoms with Gasteiger partial charge in [-0.3, -0.25) is 4.79 Å². The summed E-state index contributed by atoms with van der Waals surface area (Å²) in [6.07, 6.45) is 4.93. The van der Waals surface area contributed by atoms with Gasteiger partial charge in [-0.2, -0.15) is 0 Å². The Labute approximate surface area is 103 Å². The molecule has 2 fully saturated rings. The van der Waals surface area contributed by atoms with Crippen molar-refractivity contribution in [2.24, 2.45) is 5.92 Å². The van der Waals surface area contributed by atoms with Gasteiger partial charge in [0.15, 0.2) is 0 Å². The summed E-state index contributed by atoms with van der Waals surface area (Å²) >= 11 is 0. The van der Waals surface area contributed by atoms with Gasteiger partial charge in [-0.15, -0.1) is 0 Å². The fourth-order valence-electron chi connectivity index (χ4n) is 3.15. The monoisotopic (exact) mass is 240 g/mol. The Kier molecular flexibility index (Phi) is 4.05. The van der Waals surface area contributed by atoms with Gasteiger partial charge < -0.3 is 15.3 Å². The molecule has 0 bridgehead atoms. The predicted molar refractivity (Wildman–Crippen MR) is 67.0 cm³/mol. The van der Waals surface area contributed by atoms with Crippen molar-refractivity contribution in [1.82, 2.24) is 10.2 Å². The van der Waals surface area contributed by atoms with Crippen LogP contribution in [0.25, 0.3) is 0 Å². The Morgan fingerprint density at radius 3 is 2.35 bits per heavy atom. The minimum atomic E-state index is -0.613. The molecule has 1 saturated heterocycles. The number of carboxylic acid groups (broad SMARTS) is 1. The SMILES string of the molecule is CC1CC(NC2CCC(C(=O)O)CC2)CN1C. The molecule has 0 aromatic carbocycles. The molecule has 0 aromatic rings. The number of hydrogen-bond acceptors (Lipinski definition) is 3. The molecule has 2 rings (SSSR count). The van der Waals surface area contributed by atoms with Crippen LogP contribution in [0.3, 0.4) is 0 Å². The first kappa shape index (κ1) is 12.8. The summed E-state index contributed by atoms with van der Waals surface area (Å²) in [7, 11) is 2.17. The van der Waals surface area contributed by atoms with E-state index in [0.717, 1.165) is 32.2 Å². The summed E-state index contributed by atoms with van der Waals surface area (Å²) < 4.78 is 0. The molecule has 1 saturated carbocycles. The first-order valence-corrected chi connectivity index (χ1v) is 6.75. The van der Waals surface area contributed by atoms with Gasteiger partial charge in [0.1, 0.15) is 0 Å². The van der Waals surface area contributed by atoms with Crippen LogP contribution >= 0.6 is 0 Å². The molecule has 4 heteroatoms. The van der Waals surface area contributed by atoms with Gasteiger partial charge in [0.2, 0.25) is 0 Å². The normalized spacial score (nSPS) is 39.4. The number of likely N-dealkylation sites (tertiary alicyclic amines) is 1. The van der Waals surface area contributed by atoms with Crippen LogP contribution in [0.4, 0.5) is 0 Å². The average Bonchev–Trinajstić information content (AvgIpc) is 2.58. The van der Waals surface area contributed by atoms with Crippen molar-refractivity contribution in [1.29, 1.82) is 0 Å². The maximum absolute atomic E-state index is 10.9. The largest absolute Gasteiger partial charge is 0.481 e. The summed E-state index contributed by atoms with van der Waals surface area (Å²) in [5.74, 6) is -0.712. The Morgan fingerprint density at radius 2 is 1.88 bits per heavy atom. The lowest BCUT2D eigenvalue weighted by Crippen LogP contribution is -2.42. The third-order valence-electron chi connectivity index (χ3n) is 4.43. The number of hydrogen-bond donors (Lipinski definition) is 2. The zero-order valence-corrected chi connectivity index (χ0v) is 10.9. The maximum atomic E-state index is 10.9. The van der Waals surface area contributed by atoms with Crippen molar-refractivity contribution in [2.75, 3.05) is 13.6 Å². The first-order valence-electron chi connectivity index (χ1n) is 6.75. The molecule has 2 aliphatic rings. The Balaban J connectivity index is 1.73. The summed E-state index contributed by atoms with van der Waals surface area (Å²) in [4.78, 5) is 13.3. The standard InChI is InChI=1S/C13H24N2O2/c1-9-7-12(8-15(9)2)14-11-5-3-10(4-6-11)13(16)17/h9-12,14H,3-8H2,1-2H3,(H,16,17). The van der Waals surface area contributed by atoms with E-state index in [0.29, 0.717) is 18.1 Å².